The minimum atomic E-state index is 0.304. The zero-order valence-electron chi connectivity index (χ0n) is 6.57. The average Bonchev–Trinajstić information content (AvgIpc) is 2.58. The molecule has 0 saturated heterocycles. The van der Waals surface area contributed by atoms with Gasteiger partial charge in [0.05, 0.1) is 12.6 Å². The predicted molar refractivity (Wildman–Crippen MR) is 51.2 cm³/mol. The first-order valence-electron chi connectivity index (χ1n) is 3.98. The van der Waals surface area contributed by atoms with Crippen LogP contribution in [0.4, 0.5) is 0 Å². The molecule has 0 fully saturated rings. The van der Waals surface area contributed by atoms with Crippen LogP contribution in [0.5, 0.6) is 0 Å². The normalized spacial score (nSPS) is 21.6. The summed E-state index contributed by atoms with van der Waals surface area (Å²) in [6.45, 7) is 0.876. The van der Waals surface area contributed by atoms with Gasteiger partial charge in [-0.3, -0.25) is 0 Å². The fourth-order valence-corrected chi connectivity index (χ4v) is 1.58. The maximum absolute atomic E-state index is 4.15. The van der Waals surface area contributed by atoms with Crippen LogP contribution < -0.4 is 0 Å². The van der Waals surface area contributed by atoms with E-state index in [9.17, 15) is 0 Å². The van der Waals surface area contributed by atoms with E-state index in [0.717, 1.165) is 17.4 Å². The zero-order valence-corrected chi connectivity index (χ0v) is 8.16. The van der Waals surface area contributed by atoms with Crippen LogP contribution in [-0.4, -0.2) is 6.54 Å². The quantitative estimate of drug-likeness (QED) is 0.700. The Morgan fingerprint density at radius 1 is 1.25 bits per heavy atom. The summed E-state index contributed by atoms with van der Waals surface area (Å²) >= 11 is 3.40. The van der Waals surface area contributed by atoms with E-state index in [2.05, 4.69) is 38.3 Å². The largest absolute Gasteiger partial charge is 0.193 e. The van der Waals surface area contributed by atoms with Gasteiger partial charge in [-0.1, -0.05) is 28.1 Å². The first-order valence-corrected chi connectivity index (χ1v) is 4.77. The third kappa shape index (κ3) is 1.55. The van der Waals surface area contributed by atoms with Crippen molar-refractivity contribution in [2.75, 3.05) is 6.54 Å². The van der Waals surface area contributed by atoms with Crippen molar-refractivity contribution in [3.05, 3.63) is 34.3 Å². The maximum Gasteiger partial charge on any atom is 0.0975 e. The third-order valence-corrected chi connectivity index (χ3v) is 2.51. The second-order valence-electron chi connectivity index (χ2n) is 2.84. The van der Waals surface area contributed by atoms with Crippen LogP contribution in [0, 0.1) is 0 Å². The Balaban J connectivity index is 2.23. The highest BCUT2D eigenvalue weighted by molar-refractivity contribution is 9.10. The summed E-state index contributed by atoms with van der Waals surface area (Å²) in [5.41, 5.74) is 1.26. The number of benzene rings is 1. The van der Waals surface area contributed by atoms with Gasteiger partial charge in [0.2, 0.25) is 0 Å². The molecule has 1 heterocycles. The van der Waals surface area contributed by atoms with Crippen molar-refractivity contribution in [2.45, 2.75) is 12.5 Å². The van der Waals surface area contributed by atoms with Crippen LogP contribution in [0.25, 0.3) is 0 Å². The van der Waals surface area contributed by atoms with Gasteiger partial charge in [-0.2, -0.15) is 10.2 Å². The van der Waals surface area contributed by atoms with E-state index in [-0.39, 0.29) is 0 Å². The van der Waals surface area contributed by atoms with Crippen molar-refractivity contribution in [1.82, 2.24) is 0 Å². The minimum absolute atomic E-state index is 0.304. The van der Waals surface area contributed by atoms with Gasteiger partial charge in [0, 0.05) is 4.47 Å². The topological polar surface area (TPSA) is 24.7 Å². The van der Waals surface area contributed by atoms with Crippen molar-refractivity contribution >= 4 is 15.9 Å². The number of azo groups is 1. The van der Waals surface area contributed by atoms with Gasteiger partial charge in [-0.15, -0.1) is 0 Å². The molecule has 1 aliphatic heterocycles. The van der Waals surface area contributed by atoms with Crippen LogP contribution in [0.3, 0.4) is 0 Å². The van der Waals surface area contributed by atoms with Crippen molar-refractivity contribution in [1.29, 1.82) is 0 Å². The molecule has 1 aromatic carbocycles. The molecule has 0 aliphatic carbocycles. The van der Waals surface area contributed by atoms with Gasteiger partial charge in [-0.05, 0) is 24.1 Å². The Morgan fingerprint density at radius 3 is 2.58 bits per heavy atom. The highest BCUT2D eigenvalue weighted by Crippen LogP contribution is 2.26. The lowest BCUT2D eigenvalue weighted by Crippen LogP contribution is -1.90. The Labute approximate surface area is 79.8 Å². The third-order valence-electron chi connectivity index (χ3n) is 1.98. The molecule has 0 bridgehead atoms. The summed E-state index contributed by atoms with van der Waals surface area (Å²) in [4.78, 5) is 0. The fraction of sp³-hybridized carbons (Fsp3) is 0.333. The van der Waals surface area contributed by atoms with E-state index >= 15 is 0 Å². The highest BCUT2D eigenvalue weighted by atomic mass is 79.9. The summed E-state index contributed by atoms with van der Waals surface area (Å²) in [5.74, 6) is 0. The van der Waals surface area contributed by atoms with E-state index < -0.39 is 0 Å². The monoisotopic (exact) mass is 224 g/mol. The molecule has 62 valence electrons. The molecule has 0 amide bonds. The molecule has 1 aromatic rings. The second kappa shape index (κ2) is 3.35. The molecule has 0 saturated carbocycles. The van der Waals surface area contributed by atoms with Crippen LogP contribution in [0.1, 0.15) is 18.0 Å². The van der Waals surface area contributed by atoms with Crippen LogP contribution in [-0.2, 0) is 0 Å². The molecule has 0 N–H and O–H groups in total. The fourth-order valence-electron chi connectivity index (χ4n) is 1.31. The highest BCUT2D eigenvalue weighted by Gasteiger charge is 2.13. The standard InChI is InChI=1S/C9H9BrN2/c10-8-3-1-7(2-4-8)9-5-6-11-12-9/h1-4,9H,5-6H2. The van der Waals surface area contributed by atoms with Gasteiger partial charge in [0.25, 0.3) is 0 Å². The molecule has 2 nitrogen and oxygen atoms in total. The lowest BCUT2D eigenvalue weighted by atomic mass is 10.1. The van der Waals surface area contributed by atoms with Crippen LogP contribution in [0.2, 0.25) is 0 Å². The Bertz CT molecular complexity index is 292. The lowest BCUT2D eigenvalue weighted by Gasteiger charge is -2.04. The minimum Gasteiger partial charge on any atom is -0.193 e. The van der Waals surface area contributed by atoms with Crippen molar-refractivity contribution in [3.63, 3.8) is 0 Å². The summed E-state index contributed by atoms with van der Waals surface area (Å²) in [6.07, 6.45) is 1.06. The Hall–Kier alpha value is -0.700. The smallest absolute Gasteiger partial charge is 0.0975 e. The maximum atomic E-state index is 4.15. The first-order chi connectivity index (χ1) is 5.86. The summed E-state index contributed by atoms with van der Waals surface area (Å²) in [7, 11) is 0. The average molecular weight is 225 g/mol. The van der Waals surface area contributed by atoms with Crippen molar-refractivity contribution < 1.29 is 0 Å². The Morgan fingerprint density at radius 2 is 2.00 bits per heavy atom. The Kier molecular flexibility index (Phi) is 2.21. The predicted octanol–water partition coefficient (Wildman–Crippen LogP) is 3.35. The molecule has 0 radical (unpaired) electrons. The SMILES string of the molecule is Brc1ccc(C2CCN=N2)cc1. The van der Waals surface area contributed by atoms with Crippen LogP contribution in [0.15, 0.2) is 39.0 Å². The molecule has 12 heavy (non-hydrogen) atoms. The van der Waals surface area contributed by atoms with Crippen molar-refractivity contribution in [2.24, 2.45) is 10.2 Å². The van der Waals surface area contributed by atoms with E-state index in [1.807, 2.05) is 12.1 Å². The summed E-state index contributed by atoms with van der Waals surface area (Å²) < 4.78 is 1.11. The zero-order chi connectivity index (χ0) is 8.39. The molecular formula is C9H9BrN2. The van der Waals surface area contributed by atoms with Gasteiger partial charge >= 0.3 is 0 Å². The van der Waals surface area contributed by atoms with Crippen LogP contribution >= 0.6 is 15.9 Å². The molecule has 1 aliphatic rings. The van der Waals surface area contributed by atoms with Gasteiger partial charge in [0.15, 0.2) is 0 Å². The number of halogens is 1. The van der Waals surface area contributed by atoms with Crippen molar-refractivity contribution in [3.8, 4) is 0 Å². The number of hydrogen-bond donors (Lipinski definition) is 0. The van der Waals surface area contributed by atoms with Gasteiger partial charge in [-0.25, -0.2) is 0 Å². The van der Waals surface area contributed by atoms with E-state index in [1.54, 1.807) is 0 Å². The second-order valence-corrected chi connectivity index (χ2v) is 3.75. The molecule has 0 aromatic heterocycles. The van der Waals surface area contributed by atoms with E-state index in [4.69, 9.17) is 0 Å². The van der Waals surface area contributed by atoms with E-state index in [0.29, 0.717) is 6.04 Å². The van der Waals surface area contributed by atoms with E-state index in [1.165, 1.54) is 5.56 Å². The number of nitrogens with zero attached hydrogens (tertiary/aromatic N) is 2. The summed E-state index contributed by atoms with van der Waals surface area (Å²) in [6, 6.07) is 8.59. The molecule has 2 rings (SSSR count). The molecule has 3 heteroatoms. The molecule has 1 unspecified atom stereocenters. The lowest BCUT2D eigenvalue weighted by molar-refractivity contribution is 0.741. The molecule has 0 spiro atoms. The summed E-state index contributed by atoms with van der Waals surface area (Å²) in [5, 5.41) is 8.12. The van der Waals surface area contributed by atoms with Gasteiger partial charge in [0.1, 0.15) is 0 Å². The number of hydrogen-bond acceptors (Lipinski definition) is 2. The molecular weight excluding hydrogens is 216 g/mol. The number of rotatable bonds is 1. The first kappa shape index (κ1) is 7.92. The molecule has 1 atom stereocenters. The van der Waals surface area contributed by atoms with Gasteiger partial charge < -0.3 is 0 Å².